The Morgan fingerprint density at radius 2 is 1.90 bits per heavy atom. The number of carbonyl (C=O) groups is 2. The van der Waals surface area contributed by atoms with Gasteiger partial charge in [-0.3, -0.25) is 13.8 Å². The average Bonchev–Trinajstić information content (AvgIpc) is 3.43. The van der Waals surface area contributed by atoms with Crippen LogP contribution in [0.25, 0.3) is 11.8 Å². The molecule has 0 bridgehead atoms. The largest absolute Gasteiger partial charge is 0.451 e. The summed E-state index contributed by atoms with van der Waals surface area (Å²) < 4.78 is 49.5. The van der Waals surface area contributed by atoms with E-state index >= 15 is 0 Å². The van der Waals surface area contributed by atoms with E-state index < -0.39 is 45.6 Å². The molecule has 4 aliphatic carbocycles. The molecule has 1 aromatic carbocycles. The van der Waals surface area contributed by atoms with Crippen molar-refractivity contribution < 1.29 is 36.4 Å². The first-order valence-electron chi connectivity index (χ1n) is 14.5. The Hall–Kier alpha value is -2.89. The van der Waals surface area contributed by atoms with Crippen molar-refractivity contribution in [1.29, 1.82) is 0 Å². The second kappa shape index (κ2) is 9.82. The lowest BCUT2D eigenvalue weighted by atomic mass is 9.45. The van der Waals surface area contributed by atoms with Crippen LogP contribution in [-0.4, -0.2) is 59.6 Å². The van der Waals surface area contributed by atoms with Gasteiger partial charge >= 0.3 is 5.97 Å². The molecule has 3 unspecified atom stereocenters. The van der Waals surface area contributed by atoms with Crippen LogP contribution in [0, 0.1) is 34.4 Å². The van der Waals surface area contributed by atoms with E-state index in [1.807, 2.05) is 17.8 Å². The number of carbonyl (C=O) groups excluding carboxylic acids is 2. The number of benzene rings is 1. The van der Waals surface area contributed by atoms with Gasteiger partial charge < -0.3 is 9.84 Å². The summed E-state index contributed by atoms with van der Waals surface area (Å²) in [5, 5.41) is 16.5. The molecule has 0 aliphatic heterocycles. The number of halogens is 1. The van der Waals surface area contributed by atoms with E-state index in [2.05, 4.69) is 18.1 Å². The molecule has 42 heavy (non-hydrogen) atoms. The molecule has 6 rings (SSSR count). The minimum absolute atomic E-state index is 0.0193. The summed E-state index contributed by atoms with van der Waals surface area (Å²) in [6.07, 6.45) is 7.51. The van der Waals surface area contributed by atoms with Gasteiger partial charge in [-0.1, -0.05) is 19.4 Å². The molecule has 7 atom stereocenters. The average molecular weight is 601 g/mol. The number of aromatic nitrogens is 2. The van der Waals surface area contributed by atoms with Crippen molar-refractivity contribution in [2.24, 2.45) is 28.6 Å². The number of Topliss-reactive ketones (excluding diaryl/α,β-unsaturated/α-hetero) is 1. The molecule has 4 aliphatic rings. The molecule has 226 valence electrons. The van der Waals surface area contributed by atoms with E-state index in [-0.39, 0.29) is 41.8 Å². The molecule has 3 saturated carbocycles. The minimum Gasteiger partial charge on any atom is -0.451 e. The highest BCUT2D eigenvalue weighted by atomic mass is 32.2. The van der Waals surface area contributed by atoms with Gasteiger partial charge in [0, 0.05) is 12.3 Å². The fraction of sp³-hybridized carbons (Fsp3) is 0.581. The zero-order valence-corrected chi connectivity index (χ0v) is 25.1. The zero-order chi connectivity index (χ0) is 30.2. The van der Waals surface area contributed by atoms with Crippen LogP contribution in [0.4, 0.5) is 4.39 Å². The monoisotopic (exact) mass is 600 g/mol. The maximum absolute atomic E-state index is 13.7. The van der Waals surface area contributed by atoms with Gasteiger partial charge in [-0.15, -0.1) is 0 Å². The van der Waals surface area contributed by atoms with Crippen molar-refractivity contribution in [3.8, 4) is 5.69 Å². The highest BCUT2D eigenvalue weighted by Crippen LogP contribution is 2.68. The Morgan fingerprint density at radius 1 is 1.19 bits per heavy atom. The molecule has 11 heteroatoms. The molecule has 0 amide bonds. The number of esters is 1. The van der Waals surface area contributed by atoms with Crippen molar-refractivity contribution in [2.45, 2.75) is 71.0 Å². The van der Waals surface area contributed by atoms with Gasteiger partial charge in [0.15, 0.2) is 5.60 Å². The summed E-state index contributed by atoms with van der Waals surface area (Å²) in [6.45, 7) is 4.64. The number of rotatable bonds is 6. The third kappa shape index (κ3) is 4.38. The molecule has 9 nitrogen and oxygen atoms in total. The van der Waals surface area contributed by atoms with E-state index in [1.165, 1.54) is 24.6 Å². The van der Waals surface area contributed by atoms with Gasteiger partial charge in [-0.25, -0.2) is 9.07 Å². The predicted octanol–water partition coefficient (Wildman–Crippen LogP) is 4.01. The topological polar surface area (TPSA) is 125 Å². The Balaban J connectivity index is 1.34. The second-order valence-corrected chi connectivity index (χ2v) is 14.7. The highest BCUT2D eigenvalue weighted by molar-refractivity contribution is 7.86. The fourth-order valence-corrected chi connectivity index (χ4v) is 9.49. The Labute approximate surface area is 245 Å². The number of allylic oxidation sites excluding steroid dienone is 1. The van der Waals surface area contributed by atoms with Crippen LogP contribution in [0.5, 0.6) is 0 Å². The fourth-order valence-electron chi connectivity index (χ4n) is 9.17. The molecule has 2 aromatic rings. The standard InChI is InChI=1S/C31H37FN2O7S/c1-18(35)41-31(27(37)17-40-42(4,38)39)12-11-24-23-10-5-20-13-25-19(16-33-34(25)22-8-6-21(32)7-9-22)14-29(20,2)28(23)26(36)15-30(24,31)3/h6-9,13,16,23-24,26,28,36H,5,10-12,14-15,17H2,1-4H3/t23?,24-,26-,28+,29?,30?,31-/m0/s1. The lowest BCUT2D eigenvalue weighted by molar-refractivity contribution is -0.200. The Kier molecular flexibility index (Phi) is 6.83. The SMILES string of the molecule is CC(=O)O[C@]1(C(=O)COS(C)(=O)=O)CC[C@H]2C3CCC4=Cc5c(cnn5-c5ccc(F)cc5)CC4(C)[C@H]3[C@@H](O)CC21C. The molecule has 1 aromatic heterocycles. The van der Waals surface area contributed by atoms with Crippen molar-refractivity contribution in [3.05, 3.63) is 53.1 Å². The number of aliphatic hydroxyl groups is 1. The first-order valence-corrected chi connectivity index (χ1v) is 16.3. The number of fused-ring (bicyclic) bond motifs is 6. The summed E-state index contributed by atoms with van der Waals surface area (Å²) in [5.74, 6) is -1.56. The van der Waals surface area contributed by atoms with Crippen LogP contribution in [0.2, 0.25) is 0 Å². The van der Waals surface area contributed by atoms with Crippen LogP contribution in [-0.2, 0) is 35.0 Å². The molecule has 0 radical (unpaired) electrons. The lowest BCUT2D eigenvalue weighted by Crippen LogP contribution is -2.63. The van der Waals surface area contributed by atoms with E-state index in [0.29, 0.717) is 12.8 Å². The summed E-state index contributed by atoms with van der Waals surface area (Å²) >= 11 is 0. The van der Waals surface area contributed by atoms with E-state index in [1.54, 1.807) is 12.1 Å². The molecule has 0 spiro atoms. The number of ether oxygens (including phenoxy) is 1. The smallest absolute Gasteiger partial charge is 0.303 e. The lowest BCUT2D eigenvalue weighted by Gasteiger charge is -2.60. The summed E-state index contributed by atoms with van der Waals surface area (Å²) in [4.78, 5) is 26.0. The van der Waals surface area contributed by atoms with Gasteiger partial charge in [-0.2, -0.15) is 13.5 Å². The quantitative estimate of drug-likeness (QED) is 0.390. The Bertz CT molecular complexity index is 1580. The highest BCUT2D eigenvalue weighted by Gasteiger charge is 2.70. The van der Waals surface area contributed by atoms with E-state index in [0.717, 1.165) is 36.0 Å². The third-order valence-electron chi connectivity index (χ3n) is 10.8. The van der Waals surface area contributed by atoms with Gasteiger partial charge in [0.1, 0.15) is 12.4 Å². The first-order chi connectivity index (χ1) is 19.7. The van der Waals surface area contributed by atoms with Crippen LogP contribution < -0.4 is 0 Å². The van der Waals surface area contributed by atoms with Gasteiger partial charge in [0.2, 0.25) is 5.78 Å². The molecule has 3 fully saturated rings. The molecular formula is C31H37FN2O7S. The summed E-state index contributed by atoms with van der Waals surface area (Å²) in [7, 11) is -3.89. The minimum atomic E-state index is -3.89. The second-order valence-electron chi connectivity index (χ2n) is 13.1. The molecule has 1 heterocycles. The third-order valence-corrected chi connectivity index (χ3v) is 11.3. The van der Waals surface area contributed by atoms with Gasteiger partial charge in [-0.05, 0) is 97.6 Å². The van der Waals surface area contributed by atoms with Crippen molar-refractivity contribution >= 4 is 27.9 Å². The van der Waals surface area contributed by atoms with Crippen molar-refractivity contribution in [1.82, 2.24) is 9.78 Å². The first kappa shape index (κ1) is 29.2. The van der Waals surface area contributed by atoms with Crippen LogP contribution in [0.3, 0.4) is 0 Å². The number of ketones is 1. The number of hydrogen-bond donors (Lipinski definition) is 1. The Morgan fingerprint density at radius 3 is 2.57 bits per heavy atom. The predicted molar refractivity (Wildman–Crippen MR) is 151 cm³/mol. The maximum atomic E-state index is 13.7. The number of nitrogens with zero attached hydrogens (tertiary/aromatic N) is 2. The molecule has 1 N–H and O–H groups in total. The zero-order valence-electron chi connectivity index (χ0n) is 24.3. The van der Waals surface area contributed by atoms with E-state index in [9.17, 15) is 27.5 Å². The maximum Gasteiger partial charge on any atom is 0.303 e. The summed E-state index contributed by atoms with van der Waals surface area (Å²) in [5.41, 5.74) is 1.23. The van der Waals surface area contributed by atoms with Gasteiger partial charge in [0.05, 0.1) is 29.9 Å². The molecule has 0 saturated heterocycles. The van der Waals surface area contributed by atoms with Crippen LogP contribution in [0.1, 0.15) is 64.1 Å². The normalized spacial score (nSPS) is 35.3. The van der Waals surface area contributed by atoms with Crippen molar-refractivity contribution in [2.75, 3.05) is 12.9 Å². The van der Waals surface area contributed by atoms with Crippen LogP contribution >= 0.6 is 0 Å². The van der Waals surface area contributed by atoms with Crippen LogP contribution in [0.15, 0.2) is 36.0 Å². The summed E-state index contributed by atoms with van der Waals surface area (Å²) in [6, 6.07) is 6.24. The van der Waals surface area contributed by atoms with E-state index in [4.69, 9.17) is 8.92 Å². The number of hydrogen-bond acceptors (Lipinski definition) is 8. The van der Waals surface area contributed by atoms with Crippen molar-refractivity contribution in [3.63, 3.8) is 0 Å². The molecular weight excluding hydrogens is 563 g/mol. The number of aliphatic hydroxyl groups excluding tert-OH is 1. The van der Waals surface area contributed by atoms with Gasteiger partial charge in [0.25, 0.3) is 10.1 Å².